The molecule has 0 N–H and O–H groups in total. The second kappa shape index (κ2) is 14.5. The Kier molecular flexibility index (Phi) is 11.5. The van der Waals surface area contributed by atoms with E-state index in [2.05, 4.69) is 67.5 Å². The van der Waals surface area contributed by atoms with E-state index in [0.29, 0.717) is 31.0 Å². The molecule has 8 heteroatoms. The fourth-order valence-electron chi connectivity index (χ4n) is 6.61. The molecule has 0 aliphatic carbocycles. The van der Waals surface area contributed by atoms with E-state index in [4.69, 9.17) is 33.2 Å². The summed E-state index contributed by atoms with van der Waals surface area (Å²) in [5.41, 5.74) is 1.13. The monoisotopic (exact) mass is 590 g/mol. The highest BCUT2D eigenvalue weighted by molar-refractivity contribution is 5.75. The number of ether oxygens (including phenoxy) is 7. The molecule has 15 unspecified atom stereocenters. The number of benzene rings is 1. The fourth-order valence-corrected chi connectivity index (χ4v) is 6.61. The minimum absolute atomic E-state index is 0.0266. The third-order valence-electron chi connectivity index (χ3n) is 10.8. The summed E-state index contributed by atoms with van der Waals surface area (Å²) in [7, 11) is 1.38. The summed E-state index contributed by atoms with van der Waals surface area (Å²) in [6.45, 7) is 20.4. The van der Waals surface area contributed by atoms with Crippen LogP contribution in [0.1, 0.15) is 67.9 Å². The van der Waals surface area contributed by atoms with Gasteiger partial charge in [-0.25, -0.2) is 4.79 Å². The smallest absolute Gasteiger partial charge is 0.337 e. The van der Waals surface area contributed by atoms with E-state index in [1.165, 1.54) is 7.11 Å². The molecule has 3 aliphatic heterocycles. The van der Waals surface area contributed by atoms with Gasteiger partial charge in [0.2, 0.25) is 0 Å². The highest BCUT2D eigenvalue weighted by Crippen LogP contribution is 2.41. The van der Waals surface area contributed by atoms with E-state index in [9.17, 15) is 4.79 Å². The Hall–Kier alpha value is -1.55. The maximum atomic E-state index is 13.0. The van der Waals surface area contributed by atoms with E-state index < -0.39 is 36.9 Å². The minimum atomic E-state index is -0.938. The molecule has 8 nitrogen and oxygen atoms in total. The zero-order chi connectivity index (χ0) is 30.7. The molecule has 3 heterocycles. The van der Waals surface area contributed by atoms with Crippen molar-refractivity contribution >= 4 is 5.97 Å². The first kappa shape index (κ1) is 33.3. The Morgan fingerprint density at radius 2 is 1.24 bits per heavy atom. The average molecular weight is 591 g/mol. The Bertz CT molecular complexity index is 989. The summed E-state index contributed by atoms with van der Waals surface area (Å²) in [4.78, 5) is 13.0. The lowest BCUT2D eigenvalue weighted by atomic mass is 9.78. The predicted molar refractivity (Wildman–Crippen MR) is 159 cm³/mol. The van der Waals surface area contributed by atoms with Crippen molar-refractivity contribution in [1.29, 1.82) is 0 Å². The number of carbonyl (C=O) groups is 1. The van der Waals surface area contributed by atoms with Gasteiger partial charge in [0, 0.05) is 17.8 Å². The second-order valence-electron chi connectivity index (χ2n) is 13.3. The zero-order valence-electron chi connectivity index (χ0n) is 27.2. The largest absolute Gasteiger partial charge is 0.467 e. The lowest BCUT2D eigenvalue weighted by Crippen LogP contribution is -2.61. The van der Waals surface area contributed by atoms with Gasteiger partial charge in [-0.1, -0.05) is 78.8 Å². The summed E-state index contributed by atoms with van der Waals surface area (Å²) in [5, 5.41) is 0. The topological polar surface area (TPSA) is 81.7 Å². The molecule has 0 radical (unpaired) electrons. The van der Waals surface area contributed by atoms with Crippen LogP contribution in [0, 0.1) is 41.4 Å². The maximum absolute atomic E-state index is 13.0. The van der Waals surface area contributed by atoms with Crippen LogP contribution in [0.25, 0.3) is 0 Å². The summed E-state index contributed by atoms with van der Waals surface area (Å²) in [5.74, 6) is 1.11. The molecule has 4 rings (SSSR count). The standard InChI is InChI=1S/C34H54O8/c1-18-20(3)25(8)39-33(22(18)5)42-30-29(24(7)26(9)38-31(30)32(35)36-10)41-34-23(6)19(2)21(4)28(40-34)17-37-16-27-14-12-11-13-15-27/h11-15,18-26,28-31,33-34H,16-17H2,1-10H3. The van der Waals surface area contributed by atoms with Gasteiger partial charge in [0.05, 0.1) is 44.7 Å². The van der Waals surface area contributed by atoms with Crippen molar-refractivity contribution in [2.45, 2.75) is 118 Å². The van der Waals surface area contributed by atoms with Crippen LogP contribution in [-0.2, 0) is 44.6 Å². The zero-order valence-corrected chi connectivity index (χ0v) is 27.2. The fraction of sp³-hybridized carbons (Fsp3) is 0.794. The van der Waals surface area contributed by atoms with E-state index >= 15 is 0 Å². The van der Waals surface area contributed by atoms with Gasteiger partial charge in [-0.15, -0.1) is 0 Å². The van der Waals surface area contributed by atoms with E-state index in [1.807, 2.05) is 25.1 Å². The highest BCUT2D eigenvalue weighted by atomic mass is 16.7. The maximum Gasteiger partial charge on any atom is 0.337 e. The first-order chi connectivity index (χ1) is 19.9. The third-order valence-corrected chi connectivity index (χ3v) is 10.8. The van der Waals surface area contributed by atoms with Crippen molar-refractivity contribution in [3.8, 4) is 0 Å². The quantitative estimate of drug-likeness (QED) is 0.331. The Morgan fingerprint density at radius 3 is 1.88 bits per heavy atom. The molecule has 15 atom stereocenters. The van der Waals surface area contributed by atoms with Gasteiger partial charge in [0.25, 0.3) is 0 Å². The molecule has 1 aromatic rings. The van der Waals surface area contributed by atoms with Crippen LogP contribution < -0.4 is 0 Å². The van der Waals surface area contributed by atoms with Crippen molar-refractivity contribution in [3.63, 3.8) is 0 Å². The van der Waals surface area contributed by atoms with Gasteiger partial charge in [-0.2, -0.15) is 0 Å². The average Bonchev–Trinajstić information content (AvgIpc) is 2.99. The van der Waals surface area contributed by atoms with Crippen LogP contribution in [0.2, 0.25) is 0 Å². The lowest BCUT2D eigenvalue weighted by molar-refractivity contribution is -0.340. The Labute approximate surface area is 253 Å². The van der Waals surface area contributed by atoms with Crippen molar-refractivity contribution in [1.82, 2.24) is 0 Å². The second-order valence-corrected chi connectivity index (χ2v) is 13.3. The van der Waals surface area contributed by atoms with Crippen molar-refractivity contribution in [2.24, 2.45) is 41.4 Å². The summed E-state index contributed by atoms with van der Waals surface area (Å²) in [6, 6.07) is 10.2. The van der Waals surface area contributed by atoms with Gasteiger partial charge >= 0.3 is 5.97 Å². The first-order valence-electron chi connectivity index (χ1n) is 15.9. The van der Waals surface area contributed by atoms with Crippen LogP contribution in [-0.4, -0.2) is 68.9 Å². The number of carbonyl (C=O) groups excluding carboxylic acids is 1. The van der Waals surface area contributed by atoms with Crippen molar-refractivity contribution in [2.75, 3.05) is 13.7 Å². The number of hydrogen-bond donors (Lipinski definition) is 0. The molecule has 0 saturated carbocycles. The third kappa shape index (κ3) is 7.22. The van der Waals surface area contributed by atoms with Crippen molar-refractivity contribution in [3.05, 3.63) is 35.9 Å². The minimum Gasteiger partial charge on any atom is -0.467 e. The molecule has 3 fully saturated rings. The normalized spacial score (nSPS) is 44.5. The summed E-state index contributed by atoms with van der Waals surface area (Å²) < 4.78 is 44.1. The van der Waals surface area contributed by atoms with E-state index in [0.717, 1.165) is 5.56 Å². The molecular weight excluding hydrogens is 536 g/mol. The Morgan fingerprint density at radius 1 is 0.667 bits per heavy atom. The molecule has 0 bridgehead atoms. The van der Waals surface area contributed by atoms with Crippen LogP contribution in [0.3, 0.4) is 0 Å². The number of esters is 1. The molecule has 3 saturated heterocycles. The highest BCUT2D eigenvalue weighted by Gasteiger charge is 2.52. The molecule has 0 amide bonds. The van der Waals surface area contributed by atoms with Gasteiger partial charge in [-0.3, -0.25) is 0 Å². The van der Waals surface area contributed by atoms with E-state index in [1.54, 1.807) is 0 Å². The molecule has 3 aliphatic rings. The van der Waals surface area contributed by atoms with Gasteiger partial charge < -0.3 is 33.2 Å². The van der Waals surface area contributed by atoms with Crippen LogP contribution in [0.5, 0.6) is 0 Å². The van der Waals surface area contributed by atoms with Gasteiger partial charge in [-0.05, 0) is 43.1 Å². The van der Waals surface area contributed by atoms with Crippen LogP contribution in [0.15, 0.2) is 30.3 Å². The Balaban J connectivity index is 1.54. The lowest BCUT2D eigenvalue weighted by Gasteiger charge is -2.50. The number of methoxy groups -OCH3 is 1. The molecule has 0 spiro atoms. The van der Waals surface area contributed by atoms with Crippen LogP contribution >= 0.6 is 0 Å². The molecule has 1 aromatic carbocycles. The molecular formula is C34H54O8. The molecule has 238 valence electrons. The van der Waals surface area contributed by atoms with E-state index in [-0.39, 0.29) is 42.0 Å². The number of rotatable bonds is 9. The van der Waals surface area contributed by atoms with Crippen LogP contribution in [0.4, 0.5) is 0 Å². The summed E-state index contributed by atoms with van der Waals surface area (Å²) >= 11 is 0. The number of hydrogen-bond acceptors (Lipinski definition) is 8. The van der Waals surface area contributed by atoms with Gasteiger partial charge in [0.15, 0.2) is 18.7 Å². The van der Waals surface area contributed by atoms with Gasteiger partial charge in [0.1, 0.15) is 6.10 Å². The molecule has 0 aromatic heterocycles. The predicted octanol–water partition coefficient (Wildman–Crippen LogP) is 5.86. The first-order valence-corrected chi connectivity index (χ1v) is 15.9. The SMILES string of the molecule is COC(=O)C1OC(C)C(C)C(OC2OC(COCc3ccccc3)C(C)C(C)C2C)C1OC1OC(C)C(C)C(C)C1C. The molecule has 42 heavy (non-hydrogen) atoms. The van der Waals surface area contributed by atoms with Crippen molar-refractivity contribution < 1.29 is 38.0 Å². The summed E-state index contributed by atoms with van der Waals surface area (Å²) in [6.07, 6.45) is -3.47.